The van der Waals surface area contributed by atoms with Crippen LogP contribution in [0.5, 0.6) is 17.2 Å². The SMILES string of the molecule is COc1cc(C)ccc1CNc1nc2cc(OCCCN3CCCC3)c(OC)cc2c2c1CC(C)(C)C2. The summed E-state index contributed by atoms with van der Waals surface area (Å²) in [5, 5.41) is 4.82. The van der Waals surface area contributed by atoms with Crippen LogP contribution in [0.15, 0.2) is 30.3 Å². The quantitative estimate of drug-likeness (QED) is 0.334. The fourth-order valence-electron chi connectivity index (χ4n) is 5.86. The van der Waals surface area contributed by atoms with Crippen molar-refractivity contribution < 1.29 is 14.2 Å². The molecule has 0 atom stereocenters. The lowest BCUT2D eigenvalue weighted by molar-refractivity contribution is 0.254. The molecule has 2 aliphatic rings. The normalized spacial score (nSPS) is 16.7. The maximum Gasteiger partial charge on any atom is 0.163 e. The number of methoxy groups -OCH3 is 2. The van der Waals surface area contributed by atoms with Crippen molar-refractivity contribution in [3.05, 3.63) is 52.6 Å². The van der Waals surface area contributed by atoms with Crippen LogP contribution in [0.25, 0.3) is 10.9 Å². The van der Waals surface area contributed by atoms with E-state index < -0.39 is 0 Å². The van der Waals surface area contributed by atoms with Gasteiger partial charge in [-0.1, -0.05) is 26.0 Å². The summed E-state index contributed by atoms with van der Waals surface area (Å²) in [4.78, 5) is 7.65. The minimum atomic E-state index is 0.189. The van der Waals surface area contributed by atoms with Crippen LogP contribution in [0.1, 0.15) is 55.4 Å². The first-order valence-electron chi connectivity index (χ1n) is 13.6. The summed E-state index contributed by atoms with van der Waals surface area (Å²) in [7, 11) is 3.45. The first-order chi connectivity index (χ1) is 17.9. The molecule has 6 nitrogen and oxygen atoms in total. The Hall–Kier alpha value is -2.99. The van der Waals surface area contributed by atoms with E-state index in [-0.39, 0.29) is 5.41 Å². The number of nitrogens with one attached hydrogen (secondary N) is 1. The molecule has 1 aliphatic carbocycles. The van der Waals surface area contributed by atoms with Gasteiger partial charge in [0.2, 0.25) is 0 Å². The molecule has 0 spiro atoms. The third kappa shape index (κ3) is 5.64. The molecule has 2 aromatic carbocycles. The molecule has 0 amide bonds. The van der Waals surface area contributed by atoms with Gasteiger partial charge in [0.25, 0.3) is 0 Å². The van der Waals surface area contributed by atoms with Gasteiger partial charge >= 0.3 is 0 Å². The predicted molar refractivity (Wildman–Crippen MR) is 150 cm³/mol. The second-order valence-electron chi connectivity index (χ2n) is 11.4. The molecule has 1 N–H and O–H groups in total. The van der Waals surface area contributed by atoms with Gasteiger partial charge in [-0.3, -0.25) is 0 Å². The largest absolute Gasteiger partial charge is 0.496 e. The van der Waals surface area contributed by atoms with Crippen molar-refractivity contribution in [2.45, 2.75) is 59.4 Å². The molecule has 2 heterocycles. The Morgan fingerprint density at radius 2 is 1.70 bits per heavy atom. The van der Waals surface area contributed by atoms with Crippen LogP contribution in [0.2, 0.25) is 0 Å². The van der Waals surface area contributed by atoms with E-state index >= 15 is 0 Å². The third-order valence-corrected chi connectivity index (χ3v) is 7.76. The van der Waals surface area contributed by atoms with Gasteiger partial charge < -0.3 is 24.4 Å². The van der Waals surface area contributed by atoms with Crippen molar-refractivity contribution in [3.8, 4) is 17.2 Å². The number of ether oxygens (including phenoxy) is 3. The van der Waals surface area contributed by atoms with Crippen molar-refractivity contribution in [2.24, 2.45) is 5.41 Å². The second-order valence-corrected chi connectivity index (χ2v) is 11.4. The van der Waals surface area contributed by atoms with Gasteiger partial charge in [0.05, 0.1) is 26.3 Å². The molecule has 0 unspecified atom stereocenters. The van der Waals surface area contributed by atoms with Crippen LogP contribution in [-0.4, -0.2) is 50.3 Å². The standard InChI is InChI=1S/C31H41N3O3/c1-21-9-10-22(27(15-21)35-4)20-32-30-25-19-31(2,3)18-24(25)23-16-28(36-5)29(17-26(23)33-30)37-14-8-13-34-11-6-7-12-34/h9-10,15-17H,6-8,11-14,18-20H2,1-5H3,(H,32,33). The van der Waals surface area contributed by atoms with Crippen molar-refractivity contribution >= 4 is 16.7 Å². The number of pyridine rings is 1. The molecule has 3 aromatic rings. The zero-order chi connectivity index (χ0) is 26.0. The topological polar surface area (TPSA) is 55.8 Å². The first-order valence-corrected chi connectivity index (χ1v) is 13.6. The lowest BCUT2D eigenvalue weighted by Crippen LogP contribution is -2.21. The van der Waals surface area contributed by atoms with Gasteiger partial charge in [0.1, 0.15) is 11.6 Å². The molecular formula is C31H41N3O3. The lowest BCUT2D eigenvalue weighted by atomic mass is 9.90. The summed E-state index contributed by atoms with van der Waals surface area (Å²) in [6.07, 6.45) is 5.66. The van der Waals surface area contributed by atoms with E-state index in [0.717, 1.165) is 60.0 Å². The number of hydrogen-bond acceptors (Lipinski definition) is 6. The Kier molecular flexibility index (Phi) is 7.47. The van der Waals surface area contributed by atoms with Gasteiger partial charge in [-0.25, -0.2) is 4.98 Å². The molecule has 1 saturated heterocycles. The number of benzene rings is 2. The maximum atomic E-state index is 6.24. The molecule has 5 rings (SSSR count). The van der Waals surface area contributed by atoms with Crippen LogP contribution in [-0.2, 0) is 19.4 Å². The van der Waals surface area contributed by atoms with Crippen molar-refractivity contribution in [3.63, 3.8) is 0 Å². The average Bonchev–Trinajstić information content (AvgIpc) is 3.52. The van der Waals surface area contributed by atoms with Gasteiger partial charge in [0.15, 0.2) is 11.5 Å². The first kappa shape index (κ1) is 25.7. The van der Waals surface area contributed by atoms with Crippen LogP contribution in [0.4, 0.5) is 5.82 Å². The third-order valence-electron chi connectivity index (χ3n) is 7.76. The number of nitrogens with zero attached hydrogens (tertiary/aromatic N) is 2. The Morgan fingerprint density at radius 1 is 0.946 bits per heavy atom. The number of fused-ring (bicyclic) bond motifs is 3. The second kappa shape index (κ2) is 10.8. The van der Waals surface area contributed by atoms with E-state index in [2.05, 4.69) is 61.3 Å². The number of likely N-dealkylation sites (tertiary alicyclic amines) is 1. The smallest absolute Gasteiger partial charge is 0.163 e. The van der Waals surface area contributed by atoms with Gasteiger partial charge in [-0.2, -0.15) is 0 Å². The number of aromatic nitrogens is 1. The fourth-order valence-corrected chi connectivity index (χ4v) is 5.86. The molecule has 198 valence electrons. The number of rotatable bonds is 10. The van der Waals surface area contributed by atoms with E-state index in [1.807, 2.05) is 0 Å². The number of hydrogen-bond donors (Lipinski definition) is 1. The summed E-state index contributed by atoms with van der Waals surface area (Å²) in [6, 6.07) is 10.5. The molecule has 0 bridgehead atoms. The molecule has 0 saturated carbocycles. The van der Waals surface area contributed by atoms with Crippen molar-refractivity contribution in [1.82, 2.24) is 9.88 Å². The van der Waals surface area contributed by atoms with E-state index in [0.29, 0.717) is 13.2 Å². The number of anilines is 1. The molecule has 1 aliphatic heterocycles. The molecule has 1 fully saturated rings. The van der Waals surface area contributed by atoms with E-state index in [4.69, 9.17) is 19.2 Å². The van der Waals surface area contributed by atoms with Crippen LogP contribution in [0.3, 0.4) is 0 Å². The Balaban J connectivity index is 1.42. The Bertz CT molecular complexity index is 1260. The van der Waals surface area contributed by atoms with Gasteiger partial charge in [-0.05, 0) is 86.4 Å². The zero-order valence-electron chi connectivity index (χ0n) is 23.1. The maximum absolute atomic E-state index is 6.24. The molecule has 37 heavy (non-hydrogen) atoms. The highest BCUT2D eigenvalue weighted by Gasteiger charge is 2.33. The summed E-state index contributed by atoms with van der Waals surface area (Å²) in [6.45, 7) is 11.6. The fraction of sp³-hybridized carbons (Fsp3) is 0.516. The predicted octanol–water partition coefficient (Wildman–Crippen LogP) is 6.16. The Morgan fingerprint density at radius 3 is 2.46 bits per heavy atom. The van der Waals surface area contributed by atoms with Gasteiger partial charge in [-0.15, -0.1) is 0 Å². The van der Waals surface area contributed by atoms with Crippen LogP contribution in [0, 0.1) is 12.3 Å². The average molecular weight is 504 g/mol. The summed E-state index contributed by atoms with van der Waals surface area (Å²) >= 11 is 0. The van der Waals surface area contributed by atoms with Crippen LogP contribution < -0.4 is 19.5 Å². The summed E-state index contributed by atoms with van der Waals surface area (Å²) in [5.74, 6) is 3.42. The van der Waals surface area contributed by atoms with E-state index in [1.54, 1.807) is 14.2 Å². The molecule has 6 heteroatoms. The van der Waals surface area contributed by atoms with Crippen LogP contribution >= 0.6 is 0 Å². The van der Waals surface area contributed by atoms with E-state index in [1.165, 1.54) is 48.0 Å². The van der Waals surface area contributed by atoms with Crippen molar-refractivity contribution in [2.75, 3.05) is 45.8 Å². The van der Waals surface area contributed by atoms with Crippen molar-refractivity contribution in [1.29, 1.82) is 0 Å². The summed E-state index contributed by atoms with van der Waals surface area (Å²) in [5.41, 5.74) is 6.13. The monoisotopic (exact) mass is 503 g/mol. The highest BCUT2D eigenvalue weighted by atomic mass is 16.5. The summed E-state index contributed by atoms with van der Waals surface area (Å²) < 4.78 is 17.6. The molecular weight excluding hydrogens is 462 g/mol. The lowest BCUT2D eigenvalue weighted by Gasteiger charge is -2.18. The molecule has 0 radical (unpaired) electrons. The number of aryl methyl sites for hydroxylation is 1. The highest BCUT2D eigenvalue weighted by Crippen LogP contribution is 2.45. The van der Waals surface area contributed by atoms with E-state index in [9.17, 15) is 0 Å². The minimum absolute atomic E-state index is 0.189. The Labute approximate surface area is 221 Å². The highest BCUT2D eigenvalue weighted by molar-refractivity contribution is 5.89. The zero-order valence-corrected chi connectivity index (χ0v) is 23.1. The van der Waals surface area contributed by atoms with Gasteiger partial charge in [0, 0.05) is 30.1 Å². The minimum Gasteiger partial charge on any atom is -0.496 e. The molecule has 1 aromatic heterocycles.